The number of nitrogens with one attached hydrogen (secondary N) is 1. The number of hydrogen-bond donors (Lipinski definition) is 1. The van der Waals surface area contributed by atoms with E-state index < -0.39 is 0 Å². The largest absolute Gasteiger partial charge is 0.469 e. The molecule has 1 rings (SSSR count). The molecule has 1 aromatic rings. The Morgan fingerprint density at radius 3 is 2.35 bits per heavy atom. The van der Waals surface area contributed by atoms with Crippen LogP contribution in [0.25, 0.3) is 0 Å². The number of carbonyl (C=O) groups is 2. The van der Waals surface area contributed by atoms with Crippen molar-refractivity contribution >= 4 is 17.6 Å². The minimum Gasteiger partial charge on any atom is -0.469 e. The number of amides is 1. The lowest BCUT2D eigenvalue weighted by atomic mass is 9.86. The van der Waals surface area contributed by atoms with Crippen LogP contribution < -0.4 is 5.32 Å². The number of carbonyl (C=O) groups excluding carboxylic acids is 2. The molecular weight excluding hydrogens is 254 g/mol. The van der Waals surface area contributed by atoms with E-state index in [-0.39, 0.29) is 30.1 Å². The van der Waals surface area contributed by atoms with E-state index >= 15 is 0 Å². The lowest BCUT2D eigenvalue weighted by Crippen LogP contribution is -2.16. The highest BCUT2D eigenvalue weighted by Gasteiger charge is 2.15. The lowest BCUT2D eigenvalue weighted by molar-refractivity contribution is -0.141. The van der Waals surface area contributed by atoms with Gasteiger partial charge in [0.15, 0.2) is 0 Å². The zero-order valence-electron chi connectivity index (χ0n) is 12.9. The predicted molar refractivity (Wildman–Crippen MR) is 79.8 cm³/mol. The Labute approximate surface area is 120 Å². The van der Waals surface area contributed by atoms with E-state index in [1.165, 1.54) is 12.7 Å². The molecule has 0 heterocycles. The van der Waals surface area contributed by atoms with Crippen molar-refractivity contribution in [1.82, 2.24) is 0 Å². The molecule has 1 aromatic carbocycles. The molecule has 0 aliphatic rings. The second-order valence-corrected chi connectivity index (χ2v) is 5.90. The molecule has 0 aromatic heterocycles. The summed E-state index contributed by atoms with van der Waals surface area (Å²) in [5.41, 5.74) is 3.11. The van der Waals surface area contributed by atoms with Crippen LogP contribution in [-0.2, 0) is 19.7 Å². The van der Waals surface area contributed by atoms with Crippen LogP contribution in [0, 0.1) is 6.92 Å². The first kappa shape index (κ1) is 16.2. The fourth-order valence-corrected chi connectivity index (χ4v) is 1.80. The highest BCUT2D eigenvalue weighted by atomic mass is 16.5. The van der Waals surface area contributed by atoms with Gasteiger partial charge in [0.05, 0.1) is 13.5 Å². The molecule has 0 saturated carbocycles. The number of methoxy groups -OCH3 is 1. The summed E-state index contributed by atoms with van der Waals surface area (Å²) >= 11 is 0. The Morgan fingerprint density at radius 1 is 1.20 bits per heavy atom. The monoisotopic (exact) mass is 277 g/mol. The molecule has 0 fully saturated rings. The van der Waals surface area contributed by atoms with Gasteiger partial charge in [0, 0.05) is 12.1 Å². The van der Waals surface area contributed by atoms with Crippen molar-refractivity contribution in [2.45, 2.75) is 46.0 Å². The van der Waals surface area contributed by atoms with Crippen LogP contribution in [0.3, 0.4) is 0 Å². The molecule has 110 valence electrons. The number of aryl methyl sites for hydroxylation is 1. The topological polar surface area (TPSA) is 55.4 Å². The number of rotatable bonds is 4. The van der Waals surface area contributed by atoms with E-state index in [0.717, 1.165) is 11.3 Å². The van der Waals surface area contributed by atoms with Gasteiger partial charge in [-0.1, -0.05) is 32.9 Å². The van der Waals surface area contributed by atoms with Gasteiger partial charge in [-0.15, -0.1) is 0 Å². The van der Waals surface area contributed by atoms with Gasteiger partial charge in [-0.25, -0.2) is 0 Å². The van der Waals surface area contributed by atoms with Crippen LogP contribution in [0.1, 0.15) is 44.7 Å². The molecule has 0 radical (unpaired) electrons. The molecule has 0 atom stereocenters. The summed E-state index contributed by atoms with van der Waals surface area (Å²) in [5, 5.41) is 2.82. The number of anilines is 1. The smallest absolute Gasteiger partial charge is 0.306 e. The SMILES string of the molecule is COC(=O)CCC(=O)Nc1ccc(C(C)(C)C)cc1C. The lowest BCUT2D eigenvalue weighted by Gasteiger charge is -2.20. The Kier molecular flexibility index (Phi) is 5.31. The average Bonchev–Trinajstić information content (AvgIpc) is 2.37. The average molecular weight is 277 g/mol. The van der Waals surface area contributed by atoms with Crippen LogP contribution in [0.5, 0.6) is 0 Å². The summed E-state index contributed by atoms with van der Waals surface area (Å²) in [6, 6.07) is 6.00. The summed E-state index contributed by atoms with van der Waals surface area (Å²) in [6.07, 6.45) is 0.231. The second kappa shape index (κ2) is 6.55. The highest BCUT2D eigenvalue weighted by Crippen LogP contribution is 2.26. The minimum atomic E-state index is -0.375. The molecule has 0 bridgehead atoms. The summed E-state index contributed by atoms with van der Waals surface area (Å²) in [7, 11) is 1.32. The Hall–Kier alpha value is -1.84. The van der Waals surface area contributed by atoms with Crippen molar-refractivity contribution in [2.75, 3.05) is 12.4 Å². The molecule has 1 amide bonds. The van der Waals surface area contributed by atoms with Gasteiger partial charge in [-0.3, -0.25) is 9.59 Å². The molecule has 0 aliphatic carbocycles. The Bertz CT molecular complexity index is 501. The molecule has 4 heteroatoms. The van der Waals surface area contributed by atoms with Crippen LogP contribution in [0.2, 0.25) is 0 Å². The first-order chi connectivity index (χ1) is 9.24. The van der Waals surface area contributed by atoms with Crippen molar-refractivity contribution in [2.24, 2.45) is 0 Å². The maximum absolute atomic E-state index is 11.7. The quantitative estimate of drug-likeness (QED) is 0.860. The fourth-order valence-electron chi connectivity index (χ4n) is 1.80. The minimum absolute atomic E-state index is 0.0815. The van der Waals surface area contributed by atoms with E-state index in [9.17, 15) is 9.59 Å². The zero-order chi connectivity index (χ0) is 15.3. The molecule has 0 saturated heterocycles. The van der Waals surface area contributed by atoms with Crippen molar-refractivity contribution in [1.29, 1.82) is 0 Å². The summed E-state index contributed by atoms with van der Waals surface area (Å²) < 4.78 is 4.51. The maximum Gasteiger partial charge on any atom is 0.306 e. The molecule has 4 nitrogen and oxygen atoms in total. The van der Waals surface area contributed by atoms with E-state index in [1.54, 1.807) is 0 Å². The van der Waals surface area contributed by atoms with Crippen LogP contribution >= 0.6 is 0 Å². The summed E-state index contributed by atoms with van der Waals surface area (Å²) in [5.74, 6) is -0.554. The van der Waals surface area contributed by atoms with Gasteiger partial charge in [0.25, 0.3) is 0 Å². The van der Waals surface area contributed by atoms with E-state index in [4.69, 9.17) is 0 Å². The third-order valence-corrected chi connectivity index (χ3v) is 3.15. The van der Waals surface area contributed by atoms with Gasteiger partial charge >= 0.3 is 5.97 Å². The van der Waals surface area contributed by atoms with Crippen LogP contribution in [0.15, 0.2) is 18.2 Å². The molecule has 1 N–H and O–H groups in total. The first-order valence-corrected chi connectivity index (χ1v) is 6.72. The van der Waals surface area contributed by atoms with Gasteiger partial charge in [0.1, 0.15) is 0 Å². The standard InChI is InChI=1S/C16H23NO3/c1-11-10-12(16(2,3)4)6-7-13(11)17-14(18)8-9-15(19)20-5/h6-7,10H,8-9H2,1-5H3,(H,17,18). The first-order valence-electron chi connectivity index (χ1n) is 6.72. The number of hydrogen-bond acceptors (Lipinski definition) is 3. The van der Waals surface area contributed by atoms with E-state index in [1.807, 2.05) is 19.1 Å². The van der Waals surface area contributed by atoms with Crippen LogP contribution in [-0.4, -0.2) is 19.0 Å². The van der Waals surface area contributed by atoms with Gasteiger partial charge in [-0.2, -0.15) is 0 Å². The normalized spacial score (nSPS) is 11.1. The highest BCUT2D eigenvalue weighted by molar-refractivity contribution is 5.93. The summed E-state index contributed by atoms with van der Waals surface area (Å²) in [4.78, 5) is 22.7. The fraction of sp³-hybridized carbons (Fsp3) is 0.500. The van der Waals surface area contributed by atoms with Crippen molar-refractivity contribution in [3.05, 3.63) is 29.3 Å². The van der Waals surface area contributed by atoms with Gasteiger partial charge < -0.3 is 10.1 Å². The number of benzene rings is 1. The van der Waals surface area contributed by atoms with Crippen molar-refractivity contribution < 1.29 is 14.3 Å². The van der Waals surface area contributed by atoms with E-state index in [0.29, 0.717) is 0 Å². The van der Waals surface area contributed by atoms with Crippen molar-refractivity contribution in [3.8, 4) is 0 Å². The predicted octanol–water partition coefficient (Wildman–Crippen LogP) is 3.18. The molecule has 0 unspecified atom stereocenters. The third kappa shape index (κ3) is 4.68. The Morgan fingerprint density at radius 2 is 1.85 bits per heavy atom. The van der Waals surface area contributed by atoms with E-state index in [2.05, 4.69) is 36.9 Å². The molecule has 0 spiro atoms. The van der Waals surface area contributed by atoms with Gasteiger partial charge in [-0.05, 0) is 29.5 Å². The number of esters is 1. The molecular formula is C16H23NO3. The zero-order valence-corrected chi connectivity index (χ0v) is 12.9. The second-order valence-electron chi connectivity index (χ2n) is 5.90. The number of ether oxygens (including phenoxy) is 1. The molecule has 20 heavy (non-hydrogen) atoms. The molecule has 0 aliphatic heterocycles. The Balaban J connectivity index is 2.69. The van der Waals surface area contributed by atoms with Gasteiger partial charge in [0.2, 0.25) is 5.91 Å². The van der Waals surface area contributed by atoms with Crippen LogP contribution in [0.4, 0.5) is 5.69 Å². The third-order valence-electron chi connectivity index (χ3n) is 3.15. The van der Waals surface area contributed by atoms with Crippen molar-refractivity contribution in [3.63, 3.8) is 0 Å². The maximum atomic E-state index is 11.7. The summed E-state index contributed by atoms with van der Waals surface area (Å²) in [6.45, 7) is 8.41.